The van der Waals surface area contributed by atoms with Crippen LogP contribution in [0, 0.1) is 35.0 Å². The van der Waals surface area contributed by atoms with Crippen molar-refractivity contribution in [3.8, 4) is 6.08 Å². The number of Topliss-reactive ketones (excluding diaryl/α,β-unsaturated/α-hetero) is 1. The number of hydrogen-bond acceptors (Lipinski definition) is 5. The monoisotopic (exact) mass is 495 g/mol. The lowest BCUT2D eigenvalue weighted by Crippen LogP contribution is -2.52. The fourth-order valence-corrected chi connectivity index (χ4v) is 8.22. The first-order chi connectivity index (χ1) is 17.3. The molecular formula is C31H45NO4. The lowest BCUT2D eigenvalue weighted by atomic mass is 9.47. The molecule has 3 aliphatic rings. The molecular weight excluding hydrogens is 450 g/mol. The molecule has 0 unspecified atom stereocenters. The van der Waals surface area contributed by atoms with E-state index in [0.29, 0.717) is 34.7 Å². The summed E-state index contributed by atoms with van der Waals surface area (Å²) in [7, 11) is 0. The van der Waals surface area contributed by atoms with Crippen LogP contribution in [0.4, 0.5) is 0 Å². The number of benzene rings is 1. The number of nitrogens with zero attached hydrogens (tertiary/aromatic N) is 1. The Morgan fingerprint density at radius 2 is 2.00 bits per heavy atom. The van der Waals surface area contributed by atoms with E-state index in [0.717, 1.165) is 44.0 Å². The van der Waals surface area contributed by atoms with Gasteiger partial charge in [0.2, 0.25) is 0 Å². The van der Waals surface area contributed by atoms with Crippen LogP contribution in [-0.4, -0.2) is 28.1 Å². The summed E-state index contributed by atoms with van der Waals surface area (Å²) >= 11 is 0. The molecule has 1 aromatic heterocycles. The summed E-state index contributed by atoms with van der Waals surface area (Å²) in [4.78, 5) is 17.6. The van der Waals surface area contributed by atoms with Gasteiger partial charge in [-0.15, -0.1) is 0 Å². The van der Waals surface area contributed by atoms with Crippen molar-refractivity contribution in [2.45, 2.75) is 103 Å². The summed E-state index contributed by atoms with van der Waals surface area (Å²) in [6, 6.07) is 7.57. The number of aromatic nitrogens is 1. The van der Waals surface area contributed by atoms with Crippen molar-refractivity contribution in [3.05, 3.63) is 24.3 Å². The van der Waals surface area contributed by atoms with Gasteiger partial charge in [0, 0.05) is 5.92 Å². The third kappa shape index (κ3) is 5.23. The molecule has 3 aliphatic carbocycles. The molecule has 3 fully saturated rings. The van der Waals surface area contributed by atoms with Gasteiger partial charge in [-0.25, -0.2) is 0 Å². The molecule has 1 aromatic carbocycles. The van der Waals surface area contributed by atoms with Crippen LogP contribution >= 0.6 is 0 Å². The summed E-state index contributed by atoms with van der Waals surface area (Å²) in [6.07, 6.45) is 13.9. The van der Waals surface area contributed by atoms with E-state index in [1.54, 1.807) is 0 Å². The average Bonchev–Trinajstić information content (AvgIpc) is 3.29. The largest absolute Gasteiger partial charge is 0.442 e. The quantitative estimate of drug-likeness (QED) is 0.414. The topological polar surface area (TPSA) is 72.6 Å². The van der Waals surface area contributed by atoms with Crippen LogP contribution in [-0.2, 0) is 4.79 Å². The molecule has 0 amide bonds. The smallest absolute Gasteiger partial charge is 0.395 e. The molecule has 5 nitrogen and oxygen atoms in total. The Morgan fingerprint density at radius 1 is 1.17 bits per heavy atom. The van der Waals surface area contributed by atoms with Crippen LogP contribution in [0.1, 0.15) is 97.8 Å². The molecule has 5 heteroatoms. The van der Waals surface area contributed by atoms with E-state index in [9.17, 15) is 9.90 Å². The fourth-order valence-electron chi connectivity index (χ4n) is 8.22. The third-order valence-electron chi connectivity index (χ3n) is 10.3. The predicted octanol–water partition coefficient (Wildman–Crippen LogP) is 7.36. The molecule has 0 saturated heterocycles. The highest BCUT2D eigenvalue weighted by molar-refractivity contribution is 5.82. The van der Waals surface area contributed by atoms with Crippen LogP contribution < -0.4 is 4.74 Å². The molecule has 0 spiro atoms. The Morgan fingerprint density at radius 3 is 2.81 bits per heavy atom. The van der Waals surface area contributed by atoms with Gasteiger partial charge in [-0.2, -0.15) is 4.98 Å². The second-order valence-electron chi connectivity index (χ2n) is 12.7. The number of carbonyl (C=O) groups is 1. The first-order valence-corrected chi connectivity index (χ1v) is 14.5. The van der Waals surface area contributed by atoms with Crippen molar-refractivity contribution in [3.63, 3.8) is 0 Å². The van der Waals surface area contributed by atoms with E-state index in [2.05, 4.69) is 18.8 Å². The molecule has 1 N–H and O–H groups in total. The Hall–Kier alpha value is -1.88. The van der Waals surface area contributed by atoms with Crippen LogP contribution in [0.5, 0.6) is 6.08 Å². The SMILES string of the molecule is CCCC[C@H]1[C@H]([C@@H]2CCC[C@H](C(=O)COc3nc4ccccc4o3)C2)CC[C@H]2C[C@](C)(O)CC[C@@]21C. The van der Waals surface area contributed by atoms with Crippen LogP contribution in [0.2, 0.25) is 0 Å². The number of ketones is 1. The predicted molar refractivity (Wildman–Crippen MR) is 142 cm³/mol. The zero-order chi connectivity index (χ0) is 25.3. The van der Waals surface area contributed by atoms with Crippen molar-refractivity contribution in [1.82, 2.24) is 4.98 Å². The number of para-hydroxylation sites is 2. The molecule has 7 atom stereocenters. The first-order valence-electron chi connectivity index (χ1n) is 14.5. The maximum Gasteiger partial charge on any atom is 0.395 e. The summed E-state index contributed by atoms with van der Waals surface area (Å²) in [6.45, 7) is 6.93. The molecule has 2 aromatic rings. The zero-order valence-corrected chi connectivity index (χ0v) is 22.5. The van der Waals surface area contributed by atoms with Gasteiger partial charge in [-0.05, 0) is 99.5 Å². The highest BCUT2D eigenvalue weighted by Crippen LogP contribution is 2.60. The molecule has 0 bridgehead atoms. The number of aliphatic hydroxyl groups is 1. The Balaban J connectivity index is 1.24. The van der Waals surface area contributed by atoms with E-state index < -0.39 is 5.60 Å². The highest BCUT2D eigenvalue weighted by atomic mass is 16.6. The Kier molecular flexibility index (Phi) is 7.49. The number of hydrogen-bond donors (Lipinski definition) is 1. The standard InChI is InChI=1S/C31H45NO4/c1-4-5-11-25-24(15-14-23-19-30(2,34)16-17-31(23,25)3)21-9-8-10-22(18-21)27(33)20-35-29-32-26-12-6-7-13-28(26)36-29/h6-7,12-13,21-25,34H,4-5,8-11,14-20H2,1-3H3/t21-,22+,23+,24+,25+,30-,31+/m1/s1. The highest BCUT2D eigenvalue weighted by Gasteiger charge is 2.53. The van der Waals surface area contributed by atoms with Crippen molar-refractivity contribution in [2.75, 3.05) is 6.61 Å². The molecule has 1 heterocycles. The van der Waals surface area contributed by atoms with E-state index in [4.69, 9.17) is 9.15 Å². The van der Waals surface area contributed by atoms with Gasteiger partial charge in [-0.1, -0.05) is 51.7 Å². The van der Waals surface area contributed by atoms with Crippen molar-refractivity contribution in [1.29, 1.82) is 0 Å². The number of unbranched alkanes of at least 4 members (excludes halogenated alkanes) is 1. The van der Waals surface area contributed by atoms with Crippen LogP contribution in [0.3, 0.4) is 0 Å². The summed E-state index contributed by atoms with van der Waals surface area (Å²) in [5, 5.41) is 10.8. The second-order valence-corrected chi connectivity index (χ2v) is 12.7. The summed E-state index contributed by atoms with van der Waals surface area (Å²) in [5.41, 5.74) is 1.27. The maximum atomic E-state index is 13.2. The number of ether oxygens (including phenoxy) is 1. The minimum Gasteiger partial charge on any atom is -0.442 e. The summed E-state index contributed by atoms with van der Waals surface area (Å²) < 4.78 is 11.4. The van der Waals surface area contributed by atoms with Gasteiger partial charge >= 0.3 is 6.08 Å². The molecule has 3 saturated carbocycles. The third-order valence-corrected chi connectivity index (χ3v) is 10.3. The van der Waals surface area contributed by atoms with Crippen molar-refractivity contribution < 1.29 is 19.1 Å². The minimum absolute atomic E-state index is 0.0447. The molecule has 0 aliphatic heterocycles. The van der Waals surface area contributed by atoms with Crippen LogP contribution in [0.15, 0.2) is 28.7 Å². The lowest BCUT2D eigenvalue weighted by Gasteiger charge is -2.58. The zero-order valence-electron chi connectivity index (χ0n) is 22.5. The van der Waals surface area contributed by atoms with E-state index in [1.165, 1.54) is 38.5 Å². The maximum absolute atomic E-state index is 13.2. The first kappa shape index (κ1) is 25.8. The number of rotatable bonds is 8. The number of oxazole rings is 1. The number of carbonyl (C=O) groups excluding carboxylic acids is 1. The van der Waals surface area contributed by atoms with Gasteiger partial charge in [0.05, 0.1) is 5.60 Å². The van der Waals surface area contributed by atoms with Crippen molar-refractivity contribution >= 4 is 16.9 Å². The Labute approximate surface area is 216 Å². The van der Waals surface area contributed by atoms with Gasteiger partial charge in [0.15, 0.2) is 18.0 Å². The van der Waals surface area contributed by atoms with Gasteiger partial charge in [0.25, 0.3) is 0 Å². The van der Waals surface area contributed by atoms with E-state index in [1.807, 2.05) is 31.2 Å². The summed E-state index contributed by atoms with van der Waals surface area (Å²) in [5.74, 6) is 2.94. The number of fused-ring (bicyclic) bond motifs is 2. The lowest BCUT2D eigenvalue weighted by molar-refractivity contribution is -0.131. The van der Waals surface area contributed by atoms with Gasteiger partial charge < -0.3 is 14.3 Å². The minimum atomic E-state index is -0.497. The van der Waals surface area contributed by atoms with E-state index >= 15 is 0 Å². The normalized spacial score (nSPS) is 36.9. The molecule has 198 valence electrons. The van der Waals surface area contributed by atoms with E-state index in [-0.39, 0.29) is 24.4 Å². The fraction of sp³-hybridized carbons (Fsp3) is 0.742. The second kappa shape index (κ2) is 10.5. The molecule has 0 radical (unpaired) electrons. The molecule has 5 rings (SSSR count). The average molecular weight is 496 g/mol. The van der Waals surface area contributed by atoms with Crippen molar-refractivity contribution in [2.24, 2.45) is 35.0 Å². The Bertz CT molecular complexity index is 1010. The molecule has 36 heavy (non-hydrogen) atoms. The van der Waals surface area contributed by atoms with Gasteiger partial charge in [0.1, 0.15) is 5.52 Å². The van der Waals surface area contributed by atoms with Gasteiger partial charge in [-0.3, -0.25) is 4.79 Å². The van der Waals surface area contributed by atoms with Crippen LogP contribution in [0.25, 0.3) is 11.1 Å².